The van der Waals surface area contributed by atoms with Crippen LogP contribution >= 0.6 is 0 Å². The van der Waals surface area contributed by atoms with Crippen LogP contribution in [0, 0.1) is 0 Å². The molecule has 94 valence electrons. The van der Waals surface area contributed by atoms with Crippen molar-refractivity contribution in [1.82, 2.24) is 5.32 Å². The Morgan fingerprint density at radius 3 is 2.44 bits per heavy atom. The number of aliphatic carboxylic acids is 1. The zero-order chi connectivity index (χ0) is 12.8. The molecule has 0 rings (SSSR count). The zero-order valence-corrected chi connectivity index (χ0v) is 10.7. The van der Waals surface area contributed by atoms with Crippen molar-refractivity contribution in [3.63, 3.8) is 0 Å². The maximum atomic E-state index is 11.0. The predicted molar refractivity (Wildman–Crippen MR) is 63.2 cm³/mol. The van der Waals surface area contributed by atoms with Gasteiger partial charge in [0.25, 0.3) is 0 Å². The van der Waals surface area contributed by atoms with Crippen molar-refractivity contribution in [3.8, 4) is 0 Å². The molecule has 0 radical (unpaired) electrons. The van der Waals surface area contributed by atoms with Gasteiger partial charge in [-0.15, -0.1) is 0 Å². The fourth-order valence-electron chi connectivity index (χ4n) is 1.28. The van der Waals surface area contributed by atoms with E-state index in [0.717, 1.165) is 0 Å². The molecule has 0 aliphatic rings. The first kappa shape index (κ1) is 15.1. The third kappa shape index (κ3) is 7.42. The molecular weight excluding hydrogens is 230 g/mol. The molecule has 6 heteroatoms. The molecule has 0 aromatic rings. The molecule has 0 aromatic carbocycles. The summed E-state index contributed by atoms with van der Waals surface area (Å²) in [6.45, 7) is 3.88. The summed E-state index contributed by atoms with van der Waals surface area (Å²) in [7, 11) is -3.00. The summed E-state index contributed by atoms with van der Waals surface area (Å²) in [6.07, 6.45) is 3.20. The van der Waals surface area contributed by atoms with Crippen molar-refractivity contribution in [2.75, 3.05) is 18.6 Å². The minimum Gasteiger partial charge on any atom is -0.478 e. The number of nitrogens with one attached hydrogen (secondary N) is 1. The molecule has 0 amide bonds. The molecular formula is C10H19NO4S. The number of sulfone groups is 1. The zero-order valence-electron chi connectivity index (χ0n) is 9.86. The Hall–Kier alpha value is -0.880. The van der Waals surface area contributed by atoms with Gasteiger partial charge >= 0.3 is 5.97 Å². The highest BCUT2D eigenvalue weighted by molar-refractivity contribution is 7.90. The van der Waals surface area contributed by atoms with E-state index in [4.69, 9.17) is 5.11 Å². The van der Waals surface area contributed by atoms with Crippen molar-refractivity contribution in [1.29, 1.82) is 0 Å². The Morgan fingerprint density at radius 2 is 2.06 bits per heavy atom. The summed E-state index contributed by atoms with van der Waals surface area (Å²) in [4.78, 5) is 10.6. The van der Waals surface area contributed by atoms with Gasteiger partial charge in [-0.25, -0.2) is 13.2 Å². The first-order valence-corrected chi connectivity index (χ1v) is 7.15. The molecule has 0 spiro atoms. The van der Waals surface area contributed by atoms with Gasteiger partial charge in [-0.2, -0.15) is 0 Å². The Kier molecular flexibility index (Phi) is 6.28. The van der Waals surface area contributed by atoms with Gasteiger partial charge < -0.3 is 10.4 Å². The molecule has 0 fully saturated rings. The van der Waals surface area contributed by atoms with Crippen molar-refractivity contribution < 1.29 is 18.3 Å². The Morgan fingerprint density at radius 1 is 1.50 bits per heavy atom. The lowest BCUT2D eigenvalue weighted by Crippen LogP contribution is -2.32. The molecule has 0 aliphatic heterocycles. The van der Waals surface area contributed by atoms with Crippen LogP contribution in [-0.2, 0) is 14.6 Å². The Bertz CT molecular complexity index is 359. The van der Waals surface area contributed by atoms with Gasteiger partial charge in [0.15, 0.2) is 0 Å². The van der Waals surface area contributed by atoms with E-state index in [1.165, 1.54) is 6.26 Å². The second-order valence-corrected chi connectivity index (χ2v) is 5.97. The molecule has 16 heavy (non-hydrogen) atoms. The summed E-state index contributed by atoms with van der Waals surface area (Å²) in [5, 5.41) is 11.7. The summed E-state index contributed by atoms with van der Waals surface area (Å²) in [6, 6.07) is -0.182. The summed E-state index contributed by atoms with van der Waals surface area (Å²) in [5.74, 6) is -0.880. The number of hydrogen-bond acceptors (Lipinski definition) is 4. The monoisotopic (exact) mass is 249 g/mol. The third-order valence-electron chi connectivity index (χ3n) is 2.02. The van der Waals surface area contributed by atoms with Crippen molar-refractivity contribution in [3.05, 3.63) is 11.6 Å². The van der Waals surface area contributed by atoms with Gasteiger partial charge in [-0.1, -0.05) is 13.0 Å². The highest BCUT2D eigenvalue weighted by atomic mass is 32.2. The fraction of sp³-hybridized carbons (Fsp3) is 0.700. The number of rotatable bonds is 7. The lowest BCUT2D eigenvalue weighted by molar-refractivity contribution is -0.132. The molecule has 0 aromatic heterocycles. The normalized spacial score (nSPS) is 14.8. The molecule has 2 N–H and O–H groups in total. The van der Waals surface area contributed by atoms with Crippen LogP contribution in [0.2, 0.25) is 0 Å². The van der Waals surface area contributed by atoms with Crippen molar-refractivity contribution in [2.45, 2.75) is 26.3 Å². The molecule has 1 unspecified atom stereocenters. The van der Waals surface area contributed by atoms with Gasteiger partial charge in [0, 0.05) is 24.4 Å². The summed E-state index contributed by atoms with van der Waals surface area (Å²) in [5.41, 5.74) is 0.332. The van der Waals surface area contributed by atoms with Crippen LogP contribution in [-0.4, -0.2) is 44.1 Å². The molecule has 0 saturated carbocycles. The molecule has 1 atom stereocenters. The first-order chi connectivity index (χ1) is 7.26. The Labute approximate surface area is 96.5 Å². The number of hydrogen-bond donors (Lipinski definition) is 2. The van der Waals surface area contributed by atoms with Crippen LogP contribution in [0.3, 0.4) is 0 Å². The van der Waals surface area contributed by atoms with E-state index in [1.807, 2.05) is 0 Å². The number of carboxylic acid groups (broad SMARTS) is 1. The SMILES string of the molecule is CCC(=CCNC(C)CS(C)(=O)=O)C(=O)O. The standard InChI is InChI=1S/C10H19NO4S/c1-4-9(10(12)13)5-6-11-8(2)7-16(3,14)15/h5,8,11H,4,6-7H2,1-3H3,(H,12,13). The van der Waals surface area contributed by atoms with Crippen LogP contribution in [0.1, 0.15) is 20.3 Å². The maximum absolute atomic E-state index is 11.0. The fourth-order valence-corrected chi connectivity index (χ4v) is 2.31. The maximum Gasteiger partial charge on any atom is 0.331 e. The van der Waals surface area contributed by atoms with Crippen molar-refractivity contribution >= 4 is 15.8 Å². The van der Waals surface area contributed by atoms with E-state index in [2.05, 4.69) is 5.32 Å². The number of carbonyl (C=O) groups is 1. The summed E-state index contributed by atoms with van der Waals surface area (Å²) >= 11 is 0. The second-order valence-electron chi connectivity index (χ2n) is 3.79. The van der Waals surface area contributed by atoms with E-state index < -0.39 is 15.8 Å². The summed E-state index contributed by atoms with van der Waals surface area (Å²) < 4.78 is 21.9. The quantitative estimate of drug-likeness (QED) is 0.639. The van der Waals surface area contributed by atoms with Gasteiger partial charge in [-0.05, 0) is 13.3 Å². The van der Waals surface area contributed by atoms with Crippen LogP contribution in [0.15, 0.2) is 11.6 Å². The van der Waals surface area contributed by atoms with Crippen LogP contribution in [0.4, 0.5) is 0 Å². The largest absolute Gasteiger partial charge is 0.478 e. The number of carboxylic acids is 1. The van der Waals surface area contributed by atoms with E-state index in [0.29, 0.717) is 18.5 Å². The average Bonchev–Trinajstić information content (AvgIpc) is 2.08. The van der Waals surface area contributed by atoms with Gasteiger partial charge in [0.1, 0.15) is 9.84 Å². The molecule has 0 aliphatic carbocycles. The highest BCUT2D eigenvalue weighted by Gasteiger charge is 2.09. The van der Waals surface area contributed by atoms with Gasteiger partial charge in [0.05, 0.1) is 5.75 Å². The van der Waals surface area contributed by atoms with Crippen LogP contribution < -0.4 is 5.32 Å². The molecule has 0 bridgehead atoms. The Balaban J connectivity index is 4.11. The average molecular weight is 249 g/mol. The minimum absolute atomic E-state index is 0.0510. The van der Waals surface area contributed by atoms with E-state index in [9.17, 15) is 13.2 Å². The van der Waals surface area contributed by atoms with Gasteiger partial charge in [-0.3, -0.25) is 0 Å². The van der Waals surface area contributed by atoms with E-state index in [-0.39, 0.29) is 11.8 Å². The lowest BCUT2D eigenvalue weighted by Gasteiger charge is -2.10. The lowest BCUT2D eigenvalue weighted by atomic mass is 10.2. The minimum atomic E-state index is -3.00. The topological polar surface area (TPSA) is 83.5 Å². The van der Waals surface area contributed by atoms with Gasteiger partial charge in [0.2, 0.25) is 0 Å². The van der Waals surface area contributed by atoms with E-state index >= 15 is 0 Å². The van der Waals surface area contributed by atoms with Crippen molar-refractivity contribution in [2.24, 2.45) is 0 Å². The van der Waals surface area contributed by atoms with Crippen LogP contribution in [0.25, 0.3) is 0 Å². The molecule has 0 saturated heterocycles. The third-order valence-corrected chi connectivity index (χ3v) is 3.13. The predicted octanol–water partition coefficient (Wildman–Crippen LogP) is 0.430. The van der Waals surface area contributed by atoms with E-state index in [1.54, 1.807) is 19.9 Å². The second kappa shape index (κ2) is 6.65. The highest BCUT2D eigenvalue weighted by Crippen LogP contribution is 1.99. The first-order valence-electron chi connectivity index (χ1n) is 5.09. The smallest absolute Gasteiger partial charge is 0.331 e. The van der Waals surface area contributed by atoms with Crippen LogP contribution in [0.5, 0.6) is 0 Å². The molecule has 5 nitrogen and oxygen atoms in total. The molecule has 0 heterocycles.